The third-order valence-corrected chi connectivity index (χ3v) is 5.57. The SMILES string of the molecule is Nc1cc2c(=O)c(C(=O)O)cn(N)c2cc1N1CCN(c2cccc(C(F)(F)F)c2)CC1. The maximum atomic E-state index is 13.0. The van der Waals surface area contributed by atoms with Crippen LogP contribution >= 0.6 is 0 Å². The quantitative estimate of drug-likeness (QED) is 0.417. The van der Waals surface area contributed by atoms with Gasteiger partial charge in [-0.1, -0.05) is 6.07 Å². The molecule has 0 unspecified atom stereocenters. The van der Waals surface area contributed by atoms with Crippen molar-refractivity contribution in [1.82, 2.24) is 4.68 Å². The van der Waals surface area contributed by atoms with E-state index in [1.807, 2.05) is 9.80 Å². The number of pyridine rings is 1. The summed E-state index contributed by atoms with van der Waals surface area (Å²) in [6, 6.07) is 8.23. The number of aromatic carboxylic acids is 1. The minimum Gasteiger partial charge on any atom is -0.477 e. The van der Waals surface area contributed by atoms with Crippen molar-refractivity contribution >= 4 is 33.9 Å². The average Bonchev–Trinajstić information content (AvgIpc) is 2.75. The van der Waals surface area contributed by atoms with E-state index in [4.69, 9.17) is 11.6 Å². The molecule has 1 fully saturated rings. The molecule has 0 saturated carbocycles. The highest BCUT2D eigenvalue weighted by Crippen LogP contribution is 2.33. The molecule has 0 amide bonds. The van der Waals surface area contributed by atoms with Crippen LogP contribution in [0.25, 0.3) is 10.9 Å². The highest BCUT2D eigenvalue weighted by molar-refractivity contribution is 5.95. The zero-order valence-corrected chi connectivity index (χ0v) is 16.8. The van der Waals surface area contributed by atoms with E-state index in [0.29, 0.717) is 43.1 Å². The Bertz CT molecular complexity index is 1260. The Labute approximate surface area is 180 Å². The number of aromatic nitrogens is 1. The Hall–Kier alpha value is -3.89. The number of halogens is 3. The van der Waals surface area contributed by atoms with Gasteiger partial charge in [0.15, 0.2) is 0 Å². The Morgan fingerprint density at radius 2 is 1.69 bits per heavy atom. The van der Waals surface area contributed by atoms with Crippen molar-refractivity contribution in [1.29, 1.82) is 0 Å². The first kappa shape index (κ1) is 21.3. The molecule has 1 aliphatic rings. The van der Waals surface area contributed by atoms with Crippen molar-refractivity contribution in [3.8, 4) is 0 Å². The molecule has 5 N–H and O–H groups in total. The number of carboxylic acids is 1. The molecule has 8 nitrogen and oxygen atoms in total. The van der Waals surface area contributed by atoms with Crippen LogP contribution in [-0.4, -0.2) is 41.9 Å². The van der Waals surface area contributed by atoms with Crippen molar-refractivity contribution in [2.75, 3.05) is 47.6 Å². The minimum absolute atomic E-state index is 0.0938. The number of rotatable bonds is 3. The third-order valence-electron chi connectivity index (χ3n) is 5.57. The first-order valence-electron chi connectivity index (χ1n) is 9.70. The lowest BCUT2D eigenvalue weighted by atomic mass is 10.1. The zero-order valence-electron chi connectivity index (χ0n) is 16.8. The van der Waals surface area contributed by atoms with Gasteiger partial charge in [0, 0.05) is 38.1 Å². The predicted molar refractivity (Wildman–Crippen MR) is 116 cm³/mol. The summed E-state index contributed by atoms with van der Waals surface area (Å²) >= 11 is 0. The monoisotopic (exact) mass is 447 g/mol. The number of anilines is 3. The molecule has 0 bridgehead atoms. The number of nitrogens with zero attached hydrogens (tertiary/aromatic N) is 3. The molecule has 1 saturated heterocycles. The number of fused-ring (bicyclic) bond motifs is 1. The molecule has 1 aliphatic heterocycles. The molecular formula is C21H20F3N5O3. The smallest absolute Gasteiger partial charge is 0.416 e. The first-order chi connectivity index (χ1) is 15.1. The van der Waals surface area contributed by atoms with Crippen LogP contribution in [0.15, 0.2) is 47.4 Å². The molecule has 2 aromatic carbocycles. The van der Waals surface area contributed by atoms with Crippen molar-refractivity contribution in [2.24, 2.45) is 0 Å². The fourth-order valence-corrected chi connectivity index (χ4v) is 3.91. The molecule has 11 heteroatoms. The summed E-state index contributed by atoms with van der Waals surface area (Å²) in [7, 11) is 0. The summed E-state index contributed by atoms with van der Waals surface area (Å²) < 4.78 is 40.1. The molecule has 0 spiro atoms. The summed E-state index contributed by atoms with van der Waals surface area (Å²) in [5, 5.41) is 9.28. The molecule has 0 aliphatic carbocycles. The summed E-state index contributed by atoms with van der Waals surface area (Å²) in [5.41, 5.74) is 6.04. The van der Waals surface area contributed by atoms with E-state index in [9.17, 15) is 27.9 Å². The van der Waals surface area contributed by atoms with E-state index in [0.717, 1.165) is 23.0 Å². The predicted octanol–water partition coefficient (Wildman–Crippen LogP) is 2.34. The zero-order chi connectivity index (χ0) is 23.2. The van der Waals surface area contributed by atoms with E-state index in [2.05, 4.69) is 0 Å². The van der Waals surface area contributed by atoms with Gasteiger partial charge in [-0.15, -0.1) is 0 Å². The van der Waals surface area contributed by atoms with E-state index < -0.39 is 28.7 Å². The number of nitrogen functional groups attached to an aromatic ring is 2. The van der Waals surface area contributed by atoms with Gasteiger partial charge in [0.05, 0.1) is 27.8 Å². The second kappa shape index (κ2) is 7.66. The summed E-state index contributed by atoms with van der Waals surface area (Å²) in [6.07, 6.45) is -3.35. The van der Waals surface area contributed by atoms with Gasteiger partial charge in [-0.2, -0.15) is 13.2 Å². The van der Waals surface area contributed by atoms with Gasteiger partial charge < -0.3 is 26.5 Å². The van der Waals surface area contributed by atoms with Crippen LogP contribution in [0.5, 0.6) is 0 Å². The Morgan fingerprint density at radius 3 is 2.31 bits per heavy atom. The fourth-order valence-electron chi connectivity index (χ4n) is 3.91. The Balaban J connectivity index is 1.60. The second-order valence-corrected chi connectivity index (χ2v) is 7.53. The fraction of sp³-hybridized carbons (Fsp3) is 0.238. The Morgan fingerprint density at radius 1 is 1.03 bits per heavy atom. The van der Waals surface area contributed by atoms with Crippen LogP contribution in [-0.2, 0) is 6.18 Å². The third kappa shape index (κ3) is 3.77. The van der Waals surface area contributed by atoms with E-state index in [-0.39, 0.29) is 11.1 Å². The van der Waals surface area contributed by atoms with Gasteiger partial charge in [0.1, 0.15) is 5.56 Å². The highest BCUT2D eigenvalue weighted by Gasteiger charge is 2.31. The largest absolute Gasteiger partial charge is 0.477 e. The van der Waals surface area contributed by atoms with Gasteiger partial charge in [0.25, 0.3) is 0 Å². The van der Waals surface area contributed by atoms with E-state index in [1.165, 1.54) is 12.1 Å². The van der Waals surface area contributed by atoms with Gasteiger partial charge >= 0.3 is 12.1 Å². The minimum atomic E-state index is -4.41. The number of hydrogen-bond donors (Lipinski definition) is 3. The van der Waals surface area contributed by atoms with E-state index >= 15 is 0 Å². The first-order valence-corrected chi connectivity index (χ1v) is 9.70. The number of hydrogen-bond acceptors (Lipinski definition) is 6. The van der Waals surface area contributed by atoms with Crippen LogP contribution in [0, 0.1) is 0 Å². The molecule has 32 heavy (non-hydrogen) atoms. The molecule has 0 radical (unpaired) electrons. The maximum absolute atomic E-state index is 13.0. The van der Waals surface area contributed by atoms with Gasteiger partial charge in [-0.25, -0.2) is 4.79 Å². The van der Waals surface area contributed by atoms with Gasteiger partial charge in [-0.05, 0) is 30.3 Å². The Kier molecular flexibility index (Phi) is 5.11. The molecule has 168 valence electrons. The van der Waals surface area contributed by atoms with Crippen LogP contribution in [0.3, 0.4) is 0 Å². The van der Waals surface area contributed by atoms with Gasteiger partial charge in [0.2, 0.25) is 5.43 Å². The molecule has 0 atom stereocenters. The van der Waals surface area contributed by atoms with E-state index in [1.54, 1.807) is 12.1 Å². The van der Waals surface area contributed by atoms with Crippen molar-refractivity contribution in [3.05, 3.63) is 63.9 Å². The molecular weight excluding hydrogens is 427 g/mol. The number of carboxylic acid groups (broad SMARTS) is 1. The van der Waals surface area contributed by atoms with Crippen LogP contribution in [0.1, 0.15) is 15.9 Å². The topological polar surface area (TPSA) is 118 Å². The van der Waals surface area contributed by atoms with Crippen molar-refractivity contribution < 1.29 is 23.1 Å². The number of piperazine rings is 1. The second-order valence-electron chi connectivity index (χ2n) is 7.53. The lowest BCUT2D eigenvalue weighted by molar-refractivity contribution is -0.137. The molecule has 4 rings (SSSR count). The maximum Gasteiger partial charge on any atom is 0.416 e. The van der Waals surface area contributed by atoms with Crippen molar-refractivity contribution in [2.45, 2.75) is 6.18 Å². The highest BCUT2D eigenvalue weighted by atomic mass is 19.4. The number of alkyl halides is 3. The molecule has 1 aromatic heterocycles. The van der Waals surface area contributed by atoms with Crippen LogP contribution < -0.4 is 26.8 Å². The van der Waals surface area contributed by atoms with Crippen molar-refractivity contribution in [3.63, 3.8) is 0 Å². The number of nitrogens with two attached hydrogens (primary N) is 2. The van der Waals surface area contributed by atoms with Crippen LogP contribution in [0.4, 0.5) is 30.2 Å². The molecule has 2 heterocycles. The number of carbonyl (C=O) groups is 1. The summed E-state index contributed by atoms with van der Waals surface area (Å²) in [5.74, 6) is 4.53. The van der Waals surface area contributed by atoms with Gasteiger partial charge in [-0.3, -0.25) is 9.47 Å². The average molecular weight is 447 g/mol. The standard InChI is InChI=1S/C21H20F3N5O3/c22-21(23,24)12-2-1-3-13(8-12)27-4-6-28(7-5-27)18-10-17-14(9-16(18)25)19(30)15(20(31)32)11-29(17)26/h1-3,8-11H,4-7,25-26H2,(H,31,32). The normalized spacial score (nSPS) is 14.7. The summed E-state index contributed by atoms with van der Waals surface area (Å²) in [4.78, 5) is 27.5. The number of benzene rings is 2. The lowest BCUT2D eigenvalue weighted by Crippen LogP contribution is -2.46. The lowest BCUT2D eigenvalue weighted by Gasteiger charge is -2.38. The summed E-state index contributed by atoms with van der Waals surface area (Å²) in [6.45, 7) is 1.89. The molecule has 3 aromatic rings. The van der Waals surface area contributed by atoms with Crippen LogP contribution in [0.2, 0.25) is 0 Å².